The summed E-state index contributed by atoms with van der Waals surface area (Å²) in [4.78, 5) is 4.75. The SMILES string of the molecule is CCNC(=NCc1cccc(OCCOC)c1)NCC1(CCO)CCCCC1.I. The number of nitrogens with zero attached hydrogens (tertiary/aromatic N) is 1. The van der Waals surface area contributed by atoms with Gasteiger partial charge in [0, 0.05) is 26.8 Å². The second-order valence-corrected chi connectivity index (χ2v) is 7.57. The maximum absolute atomic E-state index is 9.51. The highest BCUT2D eigenvalue weighted by atomic mass is 127. The van der Waals surface area contributed by atoms with Gasteiger partial charge in [0.2, 0.25) is 0 Å². The first kappa shape index (κ1) is 26.0. The molecule has 29 heavy (non-hydrogen) atoms. The topological polar surface area (TPSA) is 75.1 Å². The lowest BCUT2D eigenvalue weighted by molar-refractivity contribution is 0.131. The lowest BCUT2D eigenvalue weighted by Gasteiger charge is -2.37. The first-order valence-corrected chi connectivity index (χ1v) is 10.5. The summed E-state index contributed by atoms with van der Waals surface area (Å²) >= 11 is 0. The predicted molar refractivity (Wildman–Crippen MR) is 129 cm³/mol. The van der Waals surface area contributed by atoms with Crippen LogP contribution in [0.15, 0.2) is 29.3 Å². The number of ether oxygens (including phenoxy) is 2. The van der Waals surface area contributed by atoms with Gasteiger partial charge in [-0.05, 0) is 49.3 Å². The number of benzene rings is 1. The van der Waals surface area contributed by atoms with Gasteiger partial charge in [0.1, 0.15) is 12.4 Å². The van der Waals surface area contributed by atoms with E-state index in [-0.39, 0.29) is 36.0 Å². The van der Waals surface area contributed by atoms with Crippen molar-refractivity contribution >= 4 is 29.9 Å². The Balaban J connectivity index is 0.00000420. The molecule has 1 aromatic carbocycles. The Morgan fingerprint density at radius 3 is 2.66 bits per heavy atom. The summed E-state index contributed by atoms with van der Waals surface area (Å²) in [6.45, 7) is 5.71. The van der Waals surface area contributed by atoms with Gasteiger partial charge in [0.05, 0.1) is 13.2 Å². The summed E-state index contributed by atoms with van der Waals surface area (Å²) in [6, 6.07) is 8.03. The van der Waals surface area contributed by atoms with E-state index in [4.69, 9.17) is 14.5 Å². The maximum Gasteiger partial charge on any atom is 0.191 e. The van der Waals surface area contributed by atoms with Crippen molar-refractivity contribution < 1.29 is 14.6 Å². The van der Waals surface area contributed by atoms with E-state index < -0.39 is 0 Å². The molecule has 1 aromatic rings. The van der Waals surface area contributed by atoms with Gasteiger partial charge >= 0.3 is 0 Å². The molecule has 1 saturated carbocycles. The van der Waals surface area contributed by atoms with Gasteiger partial charge in [0.15, 0.2) is 5.96 Å². The summed E-state index contributed by atoms with van der Waals surface area (Å²) in [7, 11) is 1.67. The molecule has 0 heterocycles. The summed E-state index contributed by atoms with van der Waals surface area (Å²) in [5.74, 6) is 1.67. The minimum Gasteiger partial charge on any atom is -0.491 e. The third-order valence-corrected chi connectivity index (χ3v) is 5.41. The van der Waals surface area contributed by atoms with Gasteiger partial charge in [-0.15, -0.1) is 24.0 Å². The van der Waals surface area contributed by atoms with Gasteiger partial charge in [0.25, 0.3) is 0 Å². The molecule has 0 amide bonds. The van der Waals surface area contributed by atoms with Crippen molar-refractivity contribution in [3.8, 4) is 5.75 Å². The summed E-state index contributed by atoms with van der Waals surface area (Å²) in [6.07, 6.45) is 7.04. The van der Waals surface area contributed by atoms with E-state index in [0.717, 1.165) is 36.8 Å². The molecule has 1 fully saturated rings. The van der Waals surface area contributed by atoms with Gasteiger partial charge in [-0.2, -0.15) is 0 Å². The Morgan fingerprint density at radius 2 is 1.97 bits per heavy atom. The fraction of sp³-hybridized carbons (Fsp3) is 0.682. The second-order valence-electron chi connectivity index (χ2n) is 7.57. The first-order chi connectivity index (χ1) is 13.7. The molecule has 0 saturated heterocycles. The fourth-order valence-corrected chi connectivity index (χ4v) is 3.81. The number of halogens is 1. The molecule has 1 aliphatic carbocycles. The van der Waals surface area contributed by atoms with E-state index in [1.54, 1.807) is 7.11 Å². The molecule has 6 nitrogen and oxygen atoms in total. The third-order valence-electron chi connectivity index (χ3n) is 5.41. The van der Waals surface area contributed by atoms with Gasteiger partial charge in [-0.25, -0.2) is 4.99 Å². The molecule has 0 unspecified atom stereocenters. The highest BCUT2D eigenvalue weighted by Gasteiger charge is 2.31. The van der Waals surface area contributed by atoms with Crippen LogP contribution in [0.5, 0.6) is 5.75 Å². The average Bonchev–Trinajstić information content (AvgIpc) is 2.72. The third kappa shape index (κ3) is 9.53. The molecule has 7 heteroatoms. The van der Waals surface area contributed by atoms with Crippen LogP contribution in [0, 0.1) is 5.41 Å². The zero-order valence-electron chi connectivity index (χ0n) is 17.9. The first-order valence-electron chi connectivity index (χ1n) is 10.5. The highest BCUT2D eigenvalue weighted by Crippen LogP contribution is 2.38. The van der Waals surface area contributed by atoms with Crippen molar-refractivity contribution in [2.24, 2.45) is 10.4 Å². The minimum absolute atomic E-state index is 0. The quantitative estimate of drug-likeness (QED) is 0.180. The molecule has 0 aromatic heterocycles. The predicted octanol–water partition coefficient (Wildman–Crippen LogP) is 3.72. The van der Waals surface area contributed by atoms with Crippen molar-refractivity contribution in [2.75, 3.05) is 40.0 Å². The number of aliphatic imine (C=N–C) groups is 1. The second kappa shape index (κ2) is 14.8. The van der Waals surface area contributed by atoms with Crippen molar-refractivity contribution in [1.82, 2.24) is 10.6 Å². The van der Waals surface area contributed by atoms with Crippen molar-refractivity contribution in [3.63, 3.8) is 0 Å². The lowest BCUT2D eigenvalue weighted by atomic mass is 9.72. The van der Waals surface area contributed by atoms with Crippen LogP contribution >= 0.6 is 24.0 Å². The van der Waals surface area contributed by atoms with Crippen LogP contribution in [-0.2, 0) is 11.3 Å². The standard InChI is InChI=1S/C22H37N3O3.HI/c1-3-23-21(25-18-22(12-13-26)10-5-4-6-11-22)24-17-19-8-7-9-20(16-19)28-15-14-27-2;/h7-9,16,26H,3-6,10-15,17-18H2,1-2H3,(H2,23,24,25);1H. The van der Waals surface area contributed by atoms with Crippen LogP contribution in [0.2, 0.25) is 0 Å². The Morgan fingerprint density at radius 1 is 1.17 bits per heavy atom. The number of nitrogens with one attached hydrogen (secondary N) is 2. The van der Waals surface area contributed by atoms with E-state index >= 15 is 0 Å². The molecule has 2 rings (SSSR count). The van der Waals surface area contributed by atoms with Gasteiger partial charge in [-0.3, -0.25) is 0 Å². The maximum atomic E-state index is 9.51. The van der Waals surface area contributed by atoms with Crippen molar-refractivity contribution in [2.45, 2.75) is 52.0 Å². The number of guanidine groups is 1. The van der Waals surface area contributed by atoms with Crippen LogP contribution in [-0.4, -0.2) is 51.1 Å². The van der Waals surface area contributed by atoms with Crippen LogP contribution in [0.3, 0.4) is 0 Å². The molecule has 0 radical (unpaired) electrons. The fourth-order valence-electron chi connectivity index (χ4n) is 3.81. The highest BCUT2D eigenvalue weighted by molar-refractivity contribution is 14.0. The molecule has 3 N–H and O–H groups in total. The Bertz CT molecular complexity index is 587. The zero-order valence-corrected chi connectivity index (χ0v) is 20.2. The van der Waals surface area contributed by atoms with E-state index in [1.807, 2.05) is 18.2 Å². The van der Waals surface area contributed by atoms with E-state index in [0.29, 0.717) is 19.8 Å². The van der Waals surface area contributed by atoms with Gasteiger partial charge in [-0.1, -0.05) is 31.4 Å². The largest absolute Gasteiger partial charge is 0.491 e. The number of hydrogen-bond donors (Lipinski definition) is 3. The number of hydrogen-bond acceptors (Lipinski definition) is 4. The normalized spacial score (nSPS) is 16.0. The van der Waals surface area contributed by atoms with Crippen LogP contribution in [0.25, 0.3) is 0 Å². The minimum atomic E-state index is 0. The molecular formula is C22H38IN3O3. The van der Waals surface area contributed by atoms with Gasteiger partial charge < -0.3 is 25.2 Å². The van der Waals surface area contributed by atoms with Crippen molar-refractivity contribution in [3.05, 3.63) is 29.8 Å². The number of aliphatic hydroxyl groups is 1. The number of aliphatic hydroxyl groups excluding tert-OH is 1. The molecule has 0 atom stereocenters. The Hall–Kier alpha value is -1.06. The molecule has 166 valence electrons. The smallest absolute Gasteiger partial charge is 0.191 e. The van der Waals surface area contributed by atoms with E-state index in [2.05, 4.69) is 23.6 Å². The molecule has 1 aliphatic rings. The lowest BCUT2D eigenvalue weighted by Crippen LogP contribution is -2.44. The van der Waals surface area contributed by atoms with Crippen LogP contribution in [0.4, 0.5) is 0 Å². The number of rotatable bonds is 11. The summed E-state index contributed by atoms with van der Waals surface area (Å²) < 4.78 is 10.7. The zero-order chi connectivity index (χ0) is 20.1. The van der Waals surface area contributed by atoms with Crippen molar-refractivity contribution in [1.29, 1.82) is 0 Å². The molecular weight excluding hydrogens is 481 g/mol. The monoisotopic (exact) mass is 519 g/mol. The number of methoxy groups -OCH3 is 1. The summed E-state index contributed by atoms with van der Waals surface area (Å²) in [5, 5.41) is 16.4. The molecule has 0 aliphatic heterocycles. The van der Waals surface area contributed by atoms with Crippen LogP contribution in [0.1, 0.15) is 51.0 Å². The molecule has 0 bridgehead atoms. The summed E-state index contributed by atoms with van der Waals surface area (Å²) in [5.41, 5.74) is 1.30. The van der Waals surface area contributed by atoms with Crippen LogP contribution < -0.4 is 15.4 Å². The molecule has 0 spiro atoms. The van der Waals surface area contributed by atoms with E-state index in [1.165, 1.54) is 32.1 Å². The Kier molecular flexibility index (Phi) is 13.3. The van der Waals surface area contributed by atoms with E-state index in [9.17, 15) is 5.11 Å². The Labute approximate surface area is 192 Å². The average molecular weight is 519 g/mol.